The van der Waals surface area contributed by atoms with Crippen molar-refractivity contribution in [1.82, 2.24) is 4.90 Å². The van der Waals surface area contributed by atoms with Crippen molar-refractivity contribution in [2.24, 2.45) is 0 Å². The first-order chi connectivity index (χ1) is 9.19. The predicted molar refractivity (Wildman–Crippen MR) is 77.5 cm³/mol. The van der Waals surface area contributed by atoms with Gasteiger partial charge in [0.25, 0.3) is 0 Å². The maximum atomic E-state index is 9.27. The normalized spacial score (nSPS) is 19.5. The predicted octanol–water partition coefficient (Wildman–Crippen LogP) is 2.82. The summed E-state index contributed by atoms with van der Waals surface area (Å²) in [5, 5.41) is 9.27. The van der Waals surface area contributed by atoms with Gasteiger partial charge >= 0.3 is 0 Å². The fraction of sp³-hybridized carbons (Fsp3) is 0.625. The van der Waals surface area contributed by atoms with Crippen LogP contribution in [0.2, 0.25) is 0 Å². The molecule has 1 fully saturated rings. The average molecular weight is 263 g/mol. The summed E-state index contributed by atoms with van der Waals surface area (Å²) in [7, 11) is 1.81. The van der Waals surface area contributed by atoms with Crippen LogP contribution in [0.15, 0.2) is 24.3 Å². The maximum absolute atomic E-state index is 9.27. The molecule has 0 amide bonds. The Morgan fingerprint density at radius 1 is 1.26 bits per heavy atom. The summed E-state index contributed by atoms with van der Waals surface area (Å²) >= 11 is 0. The van der Waals surface area contributed by atoms with Crippen molar-refractivity contribution in [2.75, 3.05) is 20.2 Å². The fourth-order valence-corrected chi connectivity index (χ4v) is 2.77. The first-order valence-corrected chi connectivity index (χ1v) is 7.24. The van der Waals surface area contributed by atoms with E-state index in [1.807, 2.05) is 19.2 Å². The Hall–Kier alpha value is -1.06. The van der Waals surface area contributed by atoms with E-state index in [1.165, 1.54) is 12.0 Å². The number of methoxy groups -OCH3 is 1. The number of phenolic OH excluding ortho intramolecular Hbond substituents is 1. The minimum atomic E-state index is 0.346. The van der Waals surface area contributed by atoms with E-state index >= 15 is 0 Å². The minimum Gasteiger partial charge on any atom is -0.508 e. The minimum absolute atomic E-state index is 0.346. The highest BCUT2D eigenvalue weighted by molar-refractivity contribution is 5.25. The summed E-state index contributed by atoms with van der Waals surface area (Å²) in [5.41, 5.74) is 1.30. The first kappa shape index (κ1) is 14.4. The molecule has 0 bridgehead atoms. The molecule has 0 spiro atoms. The van der Waals surface area contributed by atoms with Gasteiger partial charge in [0.05, 0.1) is 6.10 Å². The molecule has 3 nitrogen and oxygen atoms in total. The lowest BCUT2D eigenvalue weighted by Gasteiger charge is -2.35. The SMILES string of the molecule is COC1CCN(C(C)CCc2ccc(O)cc2)CC1. The van der Waals surface area contributed by atoms with E-state index in [1.54, 1.807) is 12.1 Å². The second kappa shape index (κ2) is 6.92. The molecule has 3 heteroatoms. The number of ether oxygens (including phenoxy) is 1. The van der Waals surface area contributed by atoms with Gasteiger partial charge in [-0.3, -0.25) is 0 Å². The van der Waals surface area contributed by atoms with Gasteiger partial charge < -0.3 is 14.7 Å². The third-order valence-electron chi connectivity index (χ3n) is 4.22. The summed E-state index contributed by atoms with van der Waals surface area (Å²) in [6.45, 7) is 4.61. The number of phenols is 1. The maximum Gasteiger partial charge on any atom is 0.115 e. The lowest BCUT2D eigenvalue weighted by Crippen LogP contribution is -2.42. The molecule has 1 atom stereocenters. The van der Waals surface area contributed by atoms with Crippen LogP contribution in [0.25, 0.3) is 0 Å². The van der Waals surface area contributed by atoms with Gasteiger partial charge in [0, 0.05) is 26.2 Å². The van der Waals surface area contributed by atoms with E-state index in [0.29, 0.717) is 17.9 Å². The van der Waals surface area contributed by atoms with Crippen molar-refractivity contribution in [3.63, 3.8) is 0 Å². The molecule has 106 valence electrons. The topological polar surface area (TPSA) is 32.7 Å². The summed E-state index contributed by atoms with van der Waals surface area (Å²) in [6.07, 6.45) is 5.01. The van der Waals surface area contributed by atoms with Crippen LogP contribution >= 0.6 is 0 Å². The van der Waals surface area contributed by atoms with Crippen LogP contribution in [0, 0.1) is 0 Å². The van der Waals surface area contributed by atoms with Gasteiger partial charge in [0.1, 0.15) is 5.75 Å². The van der Waals surface area contributed by atoms with Crippen molar-refractivity contribution >= 4 is 0 Å². The average Bonchev–Trinajstić information content (AvgIpc) is 2.46. The summed E-state index contributed by atoms with van der Waals surface area (Å²) in [6, 6.07) is 8.18. The Morgan fingerprint density at radius 2 is 1.89 bits per heavy atom. The highest BCUT2D eigenvalue weighted by Crippen LogP contribution is 2.18. The second-order valence-electron chi connectivity index (χ2n) is 5.53. The largest absolute Gasteiger partial charge is 0.508 e. The van der Waals surface area contributed by atoms with Crippen LogP contribution < -0.4 is 0 Å². The van der Waals surface area contributed by atoms with Gasteiger partial charge in [-0.15, -0.1) is 0 Å². The van der Waals surface area contributed by atoms with Crippen molar-refractivity contribution in [1.29, 1.82) is 0 Å². The molecule has 2 rings (SSSR count). The van der Waals surface area contributed by atoms with E-state index in [0.717, 1.165) is 32.4 Å². The molecular formula is C16H25NO2. The number of aromatic hydroxyl groups is 1. The summed E-state index contributed by atoms with van der Waals surface area (Å²) in [5.74, 6) is 0.346. The lowest BCUT2D eigenvalue weighted by atomic mass is 10.0. The lowest BCUT2D eigenvalue weighted by molar-refractivity contribution is 0.0286. The molecule has 1 unspecified atom stereocenters. The molecule has 1 heterocycles. The number of likely N-dealkylation sites (tertiary alicyclic amines) is 1. The molecule has 0 radical (unpaired) electrons. The molecule has 0 aromatic heterocycles. The Balaban J connectivity index is 1.75. The zero-order valence-electron chi connectivity index (χ0n) is 12.0. The molecule has 1 aliphatic rings. The third-order valence-corrected chi connectivity index (χ3v) is 4.22. The second-order valence-corrected chi connectivity index (χ2v) is 5.53. The Morgan fingerprint density at radius 3 is 2.47 bits per heavy atom. The van der Waals surface area contributed by atoms with Gasteiger partial charge in [0.15, 0.2) is 0 Å². The number of aryl methyl sites for hydroxylation is 1. The number of nitrogens with zero attached hydrogens (tertiary/aromatic N) is 1. The van der Waals surface area contributed by atoms with Gasteiger partial charge in [-0.05, 0) is 50.3 Å². The summed E-state index contributed by atoms with van der Waals surface area (Å²) in [4.78, 5) is 2.57. The number of hydrogen-bond acceptors (Lipinski definition) is 3. The van der Waals surface area contributed by atoms with Gasteiger partial charge in [0.2, 0.25) is 0 Å². The number of rotatable bonds is 5. The van der Waals surface area contributed by atoms with Crippen LogP contribution in [0.3, 0.4) is 0 Å². The Labute approximate surface area is 116 Å². The number of piperidine rings is 1. The van der Waals surface area contributed by atoms with Gasteiger partial charge in [-0.1, -0.05) is 12.1 Å². The number of hydrogen-bond donors (Lipinski definition) is 1. The van der Waals surface area contributed by atoms with Crippen LogP contribution in [0.4, 0.5) is 0 Å². The standard InChI is InChI=1S/C16H25NO2/c1-13(17-11-9-16(19-2)10-12-17)3-4-14-5-7-15(18)8-6-14/h5-8,13,16,18H,3-4,9-12H2,1-2H3. The zero-order chi connectivity index (χ0) is 13.7. The Bertz CT molecular complexity index is 369. The van der Waals surface area contributed by atoms with Crippen molar-refractivity contribution in [3.8, 4) is 5.75 Å². The first-order valence-electron chi connectivity index (χ1n) is 7.24. The quantitative estimate of drug-likeness (QED) is 0.886. The molecule has 1 saturated heterocycles. The van der Waals surface area contributed by atoms with Crippen molar-refractivity contribution < 1.29 is 9.84 Å². The molecule has 1 aromatic carbocycles. The van der Waals surface area contributed by atoms with E-state index in [4.69, 9.17) is 4.74 Å². The summed E-state index contributed by atoms with van der Waals surface area (Å²) < 4.78 is 5.41. The third kappa shape index (κ3) is 4.22. The van der Waals surface area contributed by atoms with Crippen LogP contribution in [-0.4, -0.2) is 42.4 Å². The van der Waals surface area contributed by atoms with Gasteiger partial charge in [-0.2, -0.15) is 0 Å². The van der Waals surface area contributed by atoms with Crippen molar-refractivity contribution in [3.05, 3.63) is 29.8 Å². The monoisotopic (exact) mass is 263 g/mol. The molecule has 0 saturated carbocycles. The molecule has 1 aliphatic heterocycles. The highest BCUT2D eigenvalue weighted by Gasteiger charge is 2.22. The van der Waals surface area contributed by atoms with E-state index in [-0.39, 0.29) is 0 Å². The highest BCUT2D eigenvalue weighted by atomic mass is 16.5. The Kier molecular flexibility index (Phi) is 5.23. The van der Waals surface area contributed by atoms with Crippen LogP contribution in [0.1, 0.15) is 31.7 Å². The van der Waals surface area contributed by atoms with E-state index in [2.05, 4.69) is 11.8 Å². The zero-order valence-corrected chi connectivity index (χ0v) is 12.0. The fourth-order valence-electron chi connectivity index (χ4n) is 2.77. The molecule has 1 aromatic rings. The molecule has 1 N–H and O–H groups in total. The van der Waals surface area contributed by atoms with Crippen molar-refractivity contribution in [2.45, 2.75) is 44.8 Å². The number of benzene rings is 1. The smallest absolute Gasteiger partial charge is 0.115 e. The molecular weight excluding hydrogens is 238 g/mol. The van der Waals surface area contributed by atoms with Crippen LogP contribution in [0.5, 0.6) is 5.75 Å². The molecule has 19 heavy (non-hydrogen) atoms. The molecule has 0 aliphatic carbocycles. The van der Waals surface area contributed by atoms with E-state index in [9.17, 15) is 5.11 Å². The van der Waals surface area contributed by atoms with E-state index < -0.39 is 0 Å². The van der Waals surface area contributed by atoms with Gasteiger partial charge in [-0.25, -0.2) is 0 Å². The van der Waals surface area contributed by atoms with Crippen LogP contribution in [-0.2, 0) is 11.2 Å².